The number of anilines is 4. The lowest BCUT2D eigenvalue weighted by Gasteiger charge is -2.19. The summed E-state index contributed by atoms with van der Waals surface area (Å²) in [5, 5.41) is 5.80. The maximum Gasteiger partial charge on any atom is 0.243 e. The van der Waals surface area contributed by atoms with Crippen LogP contribution >= 0.6 is 0 Å². The van der Waals surface area contributed by atoms with Crippen LogP contribution in [0.4, 0.5) is 27.5 Å². The number of aromatic nitrogens is 2. The van der Waals surface area contributed by atoms with Crippen LogP contribution in [0.5, 0.6) is 17.2 Å². The number of benzene rings is 2. The van der Waals surface area contributed by atoms with Gasteiger partial charge in [-0.15, -0.1) is 0 Å². The number of sulfonamides is 1. The van der Waals surface area contributed by atoms with Crippen molar-refractivity contribution in [3.8, 4) is 17.2 Å². The van der Waals surface area contributed by atoms with Crippen LogP contribution in [0.1, 0.15) is 0 Å². The lowest BCUT2D eigenvalue weighted by atomic mass is 10.2. The van der Waals surface area contributed by atoms with Gasteiger partial charge in [-0.05, 0) is 31.3 Å². The van der Waals surface area contributed by atoms with Crippen molar-refractivity contribution >= 4 is 33.2 Å². The molecule has 0 atom stereocenters. The van der Waals surface area contributed by atoms with Crippen LogP contribution in [0.15, 0.2) is 47.5 Å². The van der Waals surface area contributed by atoms with E-state index in [1.54, 1.807) is 18.2 Å². The zero-order valence-corrected chi connectivity index (χ0v) is 18.0. The highest BCUT2D eigenvalue weighted by Crippen LogP contribution is 2.34. The van der Waals surface area contributed by atoms with E-state index in [0.29, 0.717) is 36.1 Å². The Hall–Kier alpha value is -3.64. The third-order valence-electron chi connectivity index (χ3n) is 4.53. The van der Waals surface area contributed by atoms with Crippen LogP contribution in [0.25, 0.3) is 0 Å². The molecule has 0 aliphatic carbocycles. The van der Waals surface area contributed by atoms with Gasteiger partial charge in [0.15, 0.2) is 23.1 Å². The van der Waals surface area contributed by atoms with Gasteiger partial charge < -0.3 is 24.8 Å². The molecule has 0 fully saturated rings. The van der Waals surface area contributed by atoms with Crippen molar-refractivity contribution in [3.63, 3.8) is 0 Å². The molecule has 0 radical (unpaired) electrons. The first-order chi connectivity index (χ1) is 15.4. The number of nitrogens with zero attached hydrogens (tertiary/aromatic N) is 2. The number of hydrogen-bond acceptors (Lipinski definition) is 9. The van der Waals surface area contributed by atoms with E-state index in [2.05, 4.69) is 25.3 Å². The molecule has 1 aliphatic rings. The average Bonchev–Trinajstić information content (AvgIpc) is 2.81. The van der Waals surface area contributed by atoms with Gasteiger partial charge in [-0.3, -0.25) is 0 Å². The molecule has 168 valence electrons. The number of methoxy groups -OCH3 is 1. The molecular formula is C20H20FN5O5S. The second-order valence-electron chi connectivity index (χ2n) is 6.57. The zero-order chi connectivity index (χ0) is 22.7. The van der Waals surface area contributed by atoms with Crippen LogP contribution in [-0.4, -0.2) is 45.8 Å². The lowest BCUT2D eigenvalue weighted by Crippen LogP contribution is -2.19. The minimum Gasteiger partial charge on any atom is -0.495 e. The van der Waals surface area contributed by atoms with Crippen molar-refractivity contribution in [1.82, 2.24) is 14.7 Å². The number of ether oxygens (including phenoxy) is 3. The van der Waals surface area contributed by atoms with Crippen LogP contribution < -0.4 is 29.6 Å². The molecule has 3 aromatic rings. The normalized spacial score (nSPS) is 12.8. The van der Waals surface area contributed by atoms with Crippen molar-refractivity contribution < 1.29 is 27.0 Å². The summed E-state index contributed by atoms with van der Waals surface area (Å²) in [6.45, 7) is 0.909. The predicted octanol–water partition coefficient (Wildman–Crippen LogP) is 2.79. The summed E-state index contributed by atoms with van der Waals surface area (Å²) in [6, 6.07) is 9.51. The summed E-state index contributed by atoms with van der Waals surface area (Å²) >= 11 is 0. The third kappa shape index (κ3) is 4.50. The third-order valence-corrected chi connectivity index (χ3v) is 5.98. The van der Waals surface area contributed by atoms with Crippen molar-refractivity contribution in [1.29, 1.82) is 0 Å². The fourth-order valence-electron chi connectivity index (χ4n) is 2.98. The van der Waals surface area contributed by atoms with Gasteiger partial charge in [0.1, 0.15) is 23.9 Å². The molecule has 0 spiro atoms. The van der Waals surface area contributed by atoms with E-state index in [9.17, 15) is 12.8 Å². The Morgan fingerprint density at radius 1 is 1.03 bits per heavy atom. The highest BCUT2D eigenvalue weighted by Gasteiger charge is 2.18. The molecular weight excluding hydrogens is 441 g/mol. The number of hydrogen-bond donors (Lipinski definition) is 3. The van der Waals surface area contributed by atoms with Gasteiger partial charge in [0.05, 0.1) is 13.3 Å². The lowest BCUT2D eigenvalue weighted by molar-refractivity contribution is 0.171. The Morgan fingerprint density at radius 3 is 2.50 bits per heavy atom. The van der Waals surface area contributed by atoms with E-state index in [0.717, 1.165) is 6.20 Å². The molecule has 3 N–H and O–H groups in total. The highest BCUT2D eigenvalue weighted by atomic mass is 32.2. The standard InChI is InChI=1S/C20H20FN5O5S/c1-22-32(27,28)18-6-4-13(10-17(18)29-2)25-20-23-11-14(21)19(26-20)24-12-3-5-15-16(9-12)31-8-7-30-15/h3-6,9-11,22H,7-8H2,1-2H3,(H2,23,24,25,26). The summed E-state index contributed by atoms with van der Waals surface area (Å²) in [7, 11) is -1.03. The molecule has 2 heterocycles. The molecule has 0 saturated heterocycles. The van der Waals surface area contributed by atoms with E-state index in [4.69, 9.17) is 14.2 Å². The smallest absolute Gasteiger partial charge is 0.243 e. The van der Waals surface area contributed by atoms with Crippen molar-refractivity contribution in [2.75, 3.05) is 38.0 Å². The topological polar surface area (TPSA) is 124 Å². The maximum absolute atomic E-state index is 14.3. The Balaban J connectivity index is 1.57. The van der Waals surface area contributed by atoms with E-state index in [1.165, 1.54) is 32.4 Å². The largest absolute Gasteiger partial charge is 0.495 e. The Morgan fingerprint density at radius 2 is 1.75 bits per heavy atom. The van der Waals surface area contributed by atoms with Gasteiger partial charge in [0.25, 0.3) is 0 Å². The molecule has 4 rings (SSSR count). The van der Waals surface area contributed by atoms with Crippen LogP contribution in [0, 0.1) is 5.82 Å². The van der Waals surface area contributed by atoms with Crippen LogP contribution in [0.3, 0.4) is 0 Å². The minimum absolute atomic E-state index is 0.0194. The van der Waals surface area contributed by atoms with Crippen LogP contribution in [0.2, 0.25) is 0 Å². The Labute approximate surface area is 183 Å². The second kappa shape index (κ2) is 8.85. The molecule has 0 amide bonds. The van der Waals surface area contributed by atoms with Crippen molar-refractivity contribution in [2.45, 2.75) is 4.90 Å². The van der Waals surface area contributed by atoms with E-state index in [1.807, 2.05) is 0 Å². The highest BCUT2D eigenvalue weighted by molar-refractivity contribution is 7.89. The van der Waals surface area contributed by atoms with Crippen LogP contribution in [-0.2, 0) is 10.0 Å². The number of fused-ring (bicyclic) bond motifs is 1. The molecule has 0 unspecified atom stereocenters. The Kier molecular flexibility index (Phi) is 5.97. The van der Waals surface area contributed by atoms with E-state index >= 15 is 0 Å². The van der Waals surface area contributed by atoms with E-state index in [-0.39, 0.29) is 22.4 Å². The zero-order valence-electron chi connectivity index (χ0n) is 17.2. The van der Waals surface area contributed by atoms with Gasteiger partial charge in [-0.2, -0.15) is 4.98 Å². The maximum atomic E-state index is 14.3. The summed E-state index contributed by atoms with van der Waals surface area (Å²) in [4.78, 5) is 8.08. The predicted molar refractivity (Wildman–Crippen MR) is 115 cm³/mol. The minimum atomic E-state index is -3.70. The first-order valence-electron chi connectivity index (χ1n) is 9.47. The monoisotopic (exact) mass is 461 g/mol. The van der Waals surface area contributed by atoms with Crippen molar-refractivity contribution in [2.24, 2.45) is 0 Å². The SMILES string of the molecule is CNS(=O)(=O)c1ccc(Nc2ncc(F)c(Nc3ccc4c(c3)OCCO4)n2)cc1OC. The summed E-state index contributed by atoms with van der Waals surface area (Å²) in [6.07, 6.45) is 1.02. The summed E-state index contributed by atoms with van der Waals surface area (Å²) < 4.78 is 56.9. The average molecular weight is 461 g/mol. The second-order valence-corrected chi connectivity index (χ2v) is 8.43. The number of halogens is 1. The first-order valence-corrected chi connectivity index (χ1v) is 11.0. The molecule has 1 aromatic heterocycles. The molecule has 10 nitrogen and oxygen atoms in total. The molecule has 12 heteroatoms. The Bertz CT molecular complexity index is 1260. The summed E-state index contributed by atoms with van der Waals surface area (Å²) in [5.41, 5.74) is 1.01. The molecule has 0 bridgehead atoms. The van der Waals surface area contributed by atoms with Gasteiger partial charge in [-0.1, -0.05) is 0 Å². The summed E-state index contributed by atoms with van der Waals surface area (Å²) in [5.74, 6) is 0.681. The fraction of sp³-hybridized carbons (Fsp3) is 0.200. The molecule has 1 aliphatic heterocycles. The van der Waals surface area contributed by atoms with Gasteiger partial charge in [0.2, 0.25) is 16.0 Å². The quantitative estimate of drug-likeness (QED) is 0.487. The first kappa shape index (κ1) is 21.6. The van der Waals surface area contributed by atoms with Gasteiger partial charge in [-0.25, -0.2) is 22.5 Å². The molecule has 0 saturated carbocycles. The number of rotatable bonds is 7. The number of nitrogens with one attached hydrogen (secondary N) is 3. The fourth-order valence-corrected chi connectivity index (χ4v) is 3.85. The van der Waals surface area contributed by atoms with Gasteiger partial charge in [0, 0.05) is 23.5 Å². The van der Waals surface area contributed by atoms with E-state index < -0.39 is 15.8 Å². The molecule has 32 heavy (non-hydrogen) atoms. The van der Waals surface area contributed by atoms with Crippen molar-refractivity contribution in [3.05, 3.63) is 48.4 Å². The van der Waals surface area contributed by atoms with Gasteiger partial charge >= 0.3 is 0 Å². The molecule has 2 aromatic carbocycles.